The highest BCUT2D eigenvalue weighted by Gasteiger charge is 2.11. The number of aryl methyl sites for hydroxylation is 1. The van der Waals surface area contributed by atoms with E-state index in [1.54, 1.807) is 38.1 Å². The van der Waals surface area contributed by atoms with Gasteiger partial charge in [0.25, 0.3) is 5.56 Å². The highest BCUT2D eigenvalue weighted by molar-refractivity contribution is 7.99. The van der Waals surface area contributed by atoms with Crippen molar-refractivity contribution in [3.05, 3.63) is 51.4 Å². The third-order valence-corrected chi connectivity index (χ3v) is 4.46. The van der Waals surface area contributed by atoms with Gasteiger partial charge >= 0.3 is 5.97 Å². The summed E-state index contributed by atoms with van der Waals surface area (Å²) in [7, 11) is 0. The second kappa shape index (κ2) is 9.89. The first-order valence-corrected chi connectivity index (χ1v) is 9.33. The number of thioether (sulfide) groups is 1. The van der Waals surface area contributed by atoms with Gasteiger partial charge in [0, 0.05) is 30.0 Å². The molecule has 2 rings (SSSR count). The maximum atomic E-state index is 12.1. The zero-order chi connectivity index (χ0) is 19.8. The van der Waals surface area contributed by atoms with Gasteiger partial charge in [0.05, 0.1) is 17.9 Å². The number of hydrogen-bond donors (Lipinski definition) is 3. The van der Waals surface area contributed by atoms with E-state index >= 15 is 0 Å². The molecule has 0 atom stereocenters. The first kappa shape index (κ1) is 20.7. The number of carbonyl (C=O) groups excluding carboxylic acids is 2. The minimum atomic E-state index is -0.416. The molecule has 9 heteroatoms. The van der Waals surface area contributed by atoms with Crippen LogP contribution in [0, 0.1) is 6.92 Å². The topological polar surface area (TPSA) is 121 Å². The molecule has 1 heterocycles. The van der Waals surface area contributed by atoms with Gasteiger partial charge in [-0.15, -0.1) is 0 Å². The van der Waals surface area contributed by atoms with E-state index < -0.39 is 5.97 Å². The Kier molecular flexibility index (Phi) is 7.56. The summed E-state index contributed by atoms with van der Waals surface area (Å²) in [5.74, 6) is -0.633. The summed E-state index contributed by atoms with van der Waals surface area (Å²) in [6.07, 6.45) is 0.237. The number of nitrogens with one attached hydrogen (secondary N) is 2. The zero-order valence-corrected chi connectivity index (χ0v) is 15.9. The largest absolute Gasteiger partial charge is 0.462 e. The number of anilines is 1. The number of amides is 1. The van der Waals surface area contributed by atoms with Crippen molar-refractivity contribution in [1.29, 1.82) is 0 Å². The van der Waals surface area contributed by atoms with Crippen LogP contribution in [0.3, 0.4) is 0 Å². The van der Waals surface area contributed by atoms with Gasteiger partial charge in [0.15, 0.2) is 5.16 Å². The molecule has 2 aromatic rings. The van der Waals surface area contributed by atoms with Crippen LogP contribution in [0.15, 0.2) is 34.2 Å². The lowest BCUT2D eigenvalue weighted by Crippen LogP contribution is -2.19. The molecule has 1 aromatic carbocycles. The van der Waals surface area contributed by atoms with Crippen molar-refractivity contribution in [3.63, 3.8) is 0 Å². The fourth-order valence-electron chi connectivity index (χ4n) is 2.29. The molecule has 144 valence electrons. The maximum Gasteiger partial charge on any atom is 0.338 e. The standard InChI is InChI=1S/C18H21N3O5S/c1-3-26-17(25)12-4-6-13(7-5-12)20-15(23)10-27-18-19-11(2)14(8-9-22)16(24)21-18/h4-7,22H,3,8-10H2,1-2H3,(H,20,23)(H,19,21,24). The minimum Gasteiger partial charge on any atom is -0.462 e. The molecule has 0 aliphatic carbocycles. The monoisotopic (exact) mass is 391 g/mol. The molecule has 1 amide bonds. The Balaban J connectivity index is 1.93. The summed E-state index contributed by atoms with van der Waals surface area (Å²) in [6, 6.07) is 6.37. The quantitative estimate of drug-likeness (QED) is 0.354. The predicted octanol–water partition coefficient (Wildman–Crippen LogP) is 1.52. The van der Waals surface area contributed by atoms with Gasteiger partial charge in [0.2, 0.25) is 5.91 Å². The molecule has 8 nitrogen and oxygen atoms in total. The van der Waals surface area contributed by atoms with Gasteiger partial charge in [-0.05, 0) is 38.1 Å². The first-order chi connectivity index (χ1) is 12.9. The minimum absolute atomic E-state index is 0.0569. The zero-order valence-electron chi connectivity index (χ0n) is 15.1. The van der Waals surface area contributed by atoms with E-state index in [2.05, 4.69) is 15.3 Å². The van der Waals surface area contributed by atoms with Crippen molar-refractivity contribution in [2.75, 3.05) is 24.3 Å². The number of aromatic nitrogens is 2. The summed E-state index contributed by atoms with van der Waals surface area (Å²) in [4.78, 5) is 42.5. The van der Waals surface area contributed by atoms with Crippen LogP contribution in [0.25, 0.3) is 0 Å². The van der Waals surface area contributed by atoms with Gasteiger partial charge in [-0.1, -0.05) is 11.8 Å². The molecule has 0 aliphatic rings. The Morgan fingerprint density at radius 2 is 2.00 bits per heavy atom. The van der Waals surface area contributed by atoms with Crippen molar-refractivity contribution in [2.45, 2.75) is 25.4 Å². The average molecular weight is 391 g/mol. The Hall–Kier alpha value is -2.65. The Labute approximate surface area is 160 Å². The van der Waals surface area contributed by atoms with Crippen molar-refractivity contribution in [1.82, 2.24) is 9.97 Å². The van der Waals surface area contributed by atoms with Gasteiger partial charge < -0.3 is 20.1 Å². The van der Waals surface area contributed by atoms with Crippen LogP contribution >= 0.6 is 11.8 Å². The molecule has 0 saturated carbocycles. The van der Waals surface area contributed by atoms with Gasteiger partial charge in [-0.25, -0.2) is 9.78 Å². The number of carbonyl (C=O) groups is 2. The average Bonchev–Trinajstić information content (AvgIpc) is 2.64. The smallest absolute Gasteiger partial charge is 0.338 e. The van der Waals surface area contributed by atoms with Crippen molar-refractivity contribution < 1.29 is 19.4 Å². The Bertz CT molecular complexity index is 864. The van der Waals surface area contributed by atoms with Gasteiger partial charge in [-0.2, -0.15) is 0 Å². The van der Waals surface area contributed by atoms with Crippen LogP contribution in [0.5, 0.6) is 0 Å². The third-order valence-electron chi connectivity index (χ3n) is 3.58. The van der Waals surface area contributed by atoms with E-state index in [9.17, 15) is 14.4 Å². The van der Waals surface area contributed by atoms with Crippen LogP contribution < -0.4 is 10.9 Å². The fourth-order valence-corrected chi connectivity index (χ4v) is 3.00. The first-order valence-electron chi connectivity index (χ1n) is 8.35. The number of benzene rings is 1. The number of ether oxygens (including phenoxy) is 1. The number of aliphatic hydroxyl groups excluding tert-OH is 1. The number of esters is 1. The molecule has 27 heavy (non-hydrogen) atoms. The summed E-state index contributed by atoms with van der Waals surface area (Å²) in [6.45, 7) is 3.59. The number of H-pyrrole nitrogens is 1. The third kappa shape index (κ3) is 5.93. The summed E-state index contributed by atoms with van der Waals surface area (Å²) < 4.78 is 4.90. The Morgan fingerprint density at radius 3 is 2.59 bits per heavy atom. The van der Waals surface area contributed by atoms with E-state index in [-0.39, 0.29) is 30.2 Å². The number of rotatable bonds is 8. The molecule has 3 N–H and O–H groups in total. The van der Waals surface area contributed by atoms with E-state index in [0.29, 0.717) is 34.3 Å². The van der Waals surface area contributed by atoms with Crippen LogP contribution in [-0.2, 0) is 16.0 Å². The molecule has 0 aliphatic heterocycles. The van der Waals surface area contributed by atoms with Crippen molar-refractivity contribution in [2.24, 2.45) is 0 Å². The highest BCUT2D eigenvalue weighted by atomic mass is 32.2. The normalized spacial score (nSPS) is 10.5. The molecule has 1 aromatic heterocycles. The van der Waals surface area contributed by atoms with E-state index in [0.717, 1.165) is 11.8 Å². The number of nitrogens with zero attached hydrogens (tertiary/aromatic N) is 1. The second-order valence-corrected chi connectivity index (χ2v) is 6.51. The van der Waals surface area contributed by atoms with E-state index in [4.69, 9.17) is 9.84 Å². The lowest BCUT2D eigenvalue weighted by molar-refractivity contribution is -0.113. The molecule has 0 radical (unpaired) electrons. The second-order valence-electron chi connectivity index (χ2n) is 5.54. The van der Waals surface area contributed by atoms with E-state index in [1.807, 2.05) is 0 Å². The van der Waals surface area contributed by atoms with Crippen molar-refractivity contribution >= 4 is 29.3 Å². The molecule has 0 saturated heterocycles. The summed E-state index contributed by atoms with van der Waals surface area (Å²) in [5, 5.41) is 12.0. The lowest BCUT2D eigenvalue weighted by Gasteiger charge is -2.07. The summed E-state index contributed by atoms with van der Waals surface area (Å²) in [5.41, 5.74) is 1.61. The molecule has 0 unspecified atom stereocenters. The number of hydrogen-bond acceptors (Lipinski definition) is 7. The lowest BCUT2D eigenvalue weighted by atomic mass is 10.2. The van der Waals surface area contributed by atoms with Crippen molar-refractivity contribution in [3.8, 4) is 0 Å². The summed E-state index contributed by atoms with van der Waals surface area (Å²) >= 11 is 1.10. The van der Waals surface area contributed by atoms with Crippen LogP contribution in [0.4, 0.5) is 5.69 Å². The van der Waals surface area contributed by atoms with Gasteiger partial charge in [-0.3, -0.25) is 9.59 Å². The number of aliphatic hydroxyl groups is 1. The van der Waals surface area contributed by atoms with Crippen LogP contribution in [0.1, 0.15) is 28.5 Å². The fraction of sp³-hybridized carbons (Fsp3) is 0.333. The SMILES string of the molecule is CCOC(=O)c1ccc(NC(=O)CSc2nc(C)c(CCO)c(=O)[nH]2)cc1. The molecule has 0 spiro atoms. The van der Waals surface area contributed by atoms with Crippen LogP contribution in [0.2, 0.25) is 0 Å². The Morgan fingerprint density at radius 1 is 1.30 bits per heavy atom. The van der Waals surface area contributed by atoms with E-state index in [1.165, 1.54) is 0 Å². The highest BCUT2D eigenvalue weighted by Crippen LogP contribution is 2.15. The molecule has 0 bridgehead atoms. The van der Waals surface area contributed by atoms with Gasteiger partial charge in [0.1, 0.15) is 0 Å². The number of aromatic amines is 1. The molecular weight excluding hydrogens is 370 g/mol. The predicted molar refractivity (Wildman–Crippen MR) is 102 cm³/mol. The maximum absolute atomic E-state index is 12.1. The molecular formula is C18H21N3O5S. The molecule has 0 fully saturated rings. The van der Waals surface area contributed by atoms with Crippen LogP contribution in [-0.4, -0.2) is 45.9 Å².